The average molecular weight is 352 g/mol. The van der Waals surface area contributed by atoms with Gasteiger partial charge in [0.15, 0.2) is 6.10 Å². The molecule has 1 aromatic carbocycles. The summed E-state index contributed by atoms with van der Waals surface area (Å²) in [5.74, 6) is -0.262. The third-order valence-corrected chi connectivity index (χ3v) is 3.65. The molecular formula is C16H15F3N4O2. The maximum Gasteiger partial charge on any atom is 0.416 e. The van der Waals surface area contributed by atoms with E-state index in [4.69, 9.17) is 0 Å². The summed E-state index contributed by atoms with van der Waals surface area (Å²) in [6.07, 6.45) is -3.89. The van der Waals surface area contributed by atoms with E-state index in [1.807, 2.05) is 30.3 Å². The van der Waals surface area contributed by atoms with Crippen LogP contribution in [0.1, 0.15) is 10.4 Å². The standard InChI is InChI=1S/C16H15F3N4O2/c17-16(18,19)13-10-23(6-7-25-13)14(24)11-8-20-15(21-9-11)22-12-4-2-1-3-5-12/h1-5,8-9,13H,6-7,10H2,(H,20,21,22)/t13-/m1/s1. The number of carbonyl (C=O) groups excluding carboxylic acids is 1. The lowest BCUT2D eigenvalue weighted by atomic mass is 10.2. The molecule has 1 atom stereocenters. The Hall–Kier alpha value is -2.68. The van der Waals surface area contributed by atoms with E-state index in [-0.39, 0.29) is 24.7 Å². The van der Waals surface area contributed by atoms with Crippen LogP contribution in [0.4, 0.5) is 24.8 Å². The molecule has 0 unspecified atom stereocenters. The number of halogens is 3. The Morgan fingerprint density at radius 2 is 1.88 bits per heavy atom. The first kappa shape index (κ1) is 17.2. The Balaban J connectivity index is 1.66. The number of amides is 1. The third-order valence-electron chi connectivity index (χ3n) is 3.65. The summed E-state index contributed by atoms with van der Waals surface area (Å²) in [4.78, 5) is 21.5. The first-order valence-corrected chi connectivity index (χ1v) is 7.55. The van der Waals surface area contributed by atoms with Crippen LogP contribution in [0, 0.1) is 0 Å². The molecule has 0 bridgehead atoms. The topological polar surface area (TPSA) is 67.4 Å². The Labute approximate surface area is 141 Å². The third kappa shape index (κ3) is 4.24. The fourth-order valence-corrected chi connectivity index (χ4v) is 2.37. The SMILES string of the molecule is O=C(c1cnc(Nc2ccccc2)nc1)N1CCO[C@@H](C(F)(F)F)C1. The van der Waals surface area contributed by atoms with E-state index in [0.717, 1.165) is 10.6 Å². The number of ether oxygens (including phenoxy) is 1. The lowest BCUT2D eigenvalue weighted by Gasteiger charge is -2.33. The predicted octanol–water partition coefficient (Wildman–Crippen LogP) is 2.62. The van der Waals surface area contributed by atoms with Crippen LogP contribution < -0.4 is 5.32 Å². The van der Waals surface area contributed by atoms with Crippen LogP contribution in [0.15, 0.2) is 42.7 Å². The van der Waals surface area contributed by atoms with Crippen LogP contribution in [0.2, 0.25) is 0 Å². The van der Waals surface area contributed by atoms with Crippen LogP contribution in [0.5, 0.6) is 0 Å². The first-order valence-electron chi connectivity index (χ1n) is 7.55. The fraction of sp³-hybridized carbons (Fsp3) is 0.312. The number of para-hydroxylation sites is 1. The fourth-order valence-electron chi connectivity index (χ4n) is 2.37. The number of benzene rings is 1. The monoisotopic (exact) mass is 352 g/mol. The smallest absolute Gasteiger partial charge is 0.365 e. The molecule has 1 aliphatic rings. The lowest BCUT2D eigenvalue weighted by Crippen LogP contribution is -2.51. The van der Waals surface area contributed by atoms with Gasteiger partial charge in [-0.3, -0.25) is 4.79 Å². The highest BCUT2D eigenvalue weighted by Crippen LogP contribution is 2.26. The second kappa shape index (κ2) is 7.06. The Bertz CT molecular complexity index is 722. The van der Waals surface area contributed by atoms with Gasteiger partial charge in [0.25, 0.3) is 5.91 Å². The van der Waals surface area contributed by atoms with Crippen molar-refractivity contribution in [1.82, 2.24) is 14.9 Å². The summed E-state index contributed by atoms with van der Waals surface area (Å²) >= 11 is 0. The summed E-state index contributed by atoms with van der Waals surface area (Å²) in [5, 5.41) is 2.96. The summed E-state index contributed by atoms with van der Waals surface area (Å²) in [7, 11) is 0. The highest BCUT2D eigenvalue weighted by molar-refractivity contribution is 5.93. The van der Waals surface area contributed by atoms with Crippen molar-refractivity contribution in [3.63, 3.8) is 0 Å². The zero-order valence-electron chi connectivity index (χ0n) is 13.0. The van der Waals surface area contributed by atoms with Crippen molar-refractivity contribution >= 4 is 17.5 Å². The molecule has 2 aromatic rings. The molecule has 9 heteroatoms. The lowest BCUT2D eigenvalue weighted by molar-refractivity contribution is -0.233. The number of rotatable bonds is 3. The molecule has 25 heavy (non-hydrogen) atoms. The van der Waals surface area contributed by atoms with Gasteiger partial charge in [0, 0.05) is 24.6 Å². The molecule has 1 fully saturated rings. The number of hydrogen-bond donors (Lipinski definition) is 1. The van der Waals surface area contributed by atoms with Crippen LogP contribution in [-0.4, -0.2) is 52.8 Å². The molecule has 3 rings (SSSR count). The van der Waals surface area contributed by atoms with Gasteiger partial charge in [-0.1, -0.05) is 18.2 Å². The maximum atomic E-state index is 12.7. The van der Waals surface area contributed by atoms with Gasteiger partial charge < -0.3 is 15.0 Å². The molecule has 0 saturated carbocycles. The summed E-state index contributed by atoms with van der Waals surface area (Å²) in [6.45, 7) is -0.605. The molecule has 0 aliphatic carbocycles. The molecule has 132 valence electrons. The van der Waals surface area contributed by atoms with Crippen molar-refractivity contribution in [2.24, 2.45) is 0 Å². The van der Waals surface area contributed by atoms with Gasteiger partial charge in [-0.2, -0.15) is 13.2 Å². The van der Waals surface area contributed by atoms with Crippen molar-refractivity contribution in [3.8, 4) is 0 Å². The normalized spacial score (nSPS) is 18.0. The number of morpholine rings is 1. The summed E-state index contributed by atoms with van der Waals surface area (Å²) in [6, 6.07) is 9.21. The molecule has 1 N–H and O–H groups in total. The number of anilines is 2. The quantitative estimate of drug-likeness (QED) is 0.920. The van der Waals surface area contributed by atoms with Gasteiger partial charge in [-0.25, -0.2) is 9.97 Å². The van der Waals surface area contributed by atoms with Crippen LogP contribution in [0.25, 0.3) is 0 Å². The largest absolute Gasteiger partial charge is 0.416 e. The van der Waals surface area contributed by atoms with Gasteiger partial charge in [-0.15, -0.1) is 0 Å². The van der Waals surface area contributed by atoms with Crippen molar-refractivity contribution in [2.75, 3.05) is 25.0 Å². The van der Waals surface area contributed by atoms with Gasteiger partial charge in [-0.05, 0) is 12.1 Å². The van der Waals surface area contributed by atoms with Gasteiger partial charge in [0.1, 0.15) is 0 Å². The summed E-state index contributed by atoms with van der Waals surface area (Å²) in [5.41, 5.74) is 0.907. The van der Waals surface area contributed by atoms with E-state index >= 15 is 0 Å². The van der Waals surface area contributed by atoms with Crippen molar-refractivity contribution in [2.45, 2.75) is 12.3 Å². The molecule has 6 nitrogen and oxygen atoms in total. The number of hydrogen-bond acceptors (Lipinski definition) is 5. The minimum absolute atomic E-state index is 0.0927. The maximum absolute atomic E-state index is 12.7. The minimum atomic E-state index is -4.50. The van der Waals surface area contributed by atoms with Crippen molar-refractivity contribution in [1.29, 1.82) is 0 Å². The van der Waals surface area contributed by atoms with Gasteiger partial charge in [0.05, 0.1) is 18.7 Å². The van der Waals surface area contributed by atoms with Crippen LogP contribution in [0.3, 0.4) is 0 Å². The number of alkyl halides is 3. The van der Waals surface area contributed by atoms with Gasteiger partial charge in [0.2, 0.25) is 5.95 Å². The molecule has 0 radical (unpaired) electrons. The van der Waals surface area contributed by atoms with E-state index in [0.29, 0.717) is 0 Å². The molecule has 1 aliphatic heterocycles. The van der Waals surface area contributed by atoms with Crippen molar-refractivity contribution < 1.29 is 22.7 Å². The number of nitrogens with zero attached hydrogens (tertiary/aromatic N) is 3. The van der Waals surface area contributed by atoms with Crippen molar-refractivity contribution in [3.05, 3.63) is 48.3 Å². The molecule has 0 spiro atoms. The van der Waals surface area contributed by atoms with E-state index in [1.165, 1.54) is 12.4 Å². The average Bonchev–Trinajstić information content (AvgIpc) is 2.62. The van der Waals surface area contributed by atoms with E-state index < -0.39 is 24.7 Å². The molecular weight excluding hydrogens is 337 g/mol. The first-order chi connectivity index (χ1) is 11.9. The van der Waals surface area contributed by atoms with Crippen LogP contribution in [-0.2, 0) is 4.74 Å². The van der Waals surface area contributed by atoms with Crippen LogP contribution >= 0.6 is 0 Å². The van der Waals surface area contributed by atoms with E-state index in [1.54, 1.807) is 0 Å². The Morgan fingerprint density at radius 3 is 2.52 bits per heavy atom. The Kier molecular flexibility index (Phi) is 4.84. The zero-order valence-corrected chi connectivity index (χ0v) is 13.0. The van der Waals surface area contributed by atoms with E-state index in [9.17, 15) is 18.0 Å². The molecule has 2 heterocycles. The highest BCUT2D eigenvalue weighted by atomic mass is 19.4. The van der Waals surface area contributed by atoms with E-state index in [2.05, 4.69) is 20.0 Å². The number of nitrogens with one attached hydrogen (secondary N) is 1. The highest BCUT2D eigenvalue weighted by Gasteiger charge is 2.44. The number of aromatic nitrogens is 2. The minimum Gasteiger partial charge on any atom is -0.365 e. The summed E-state index contributed by atoms with van der Waals surface area (Å²) < 4.78 is 42.9. The molecule has 1 saturated heterocycles. The number of carbonyl (C=O) groups is 1. The van der Waals surface area contributed by atoms with Gasteiger partial charge >= 0.3 is 6.18 Å². The molecule has 1 amide bonds. The zero-order chi connectivity index (χ0) is 17.9. The second-order valence-electron chi connectivity index (χ2n) is 5.44. The molecule has 1 aromatic heterocycles. The Morgan fingerprint density at radius 1 is 1.20 bits per heavy atom. The predicted molar refractivity (Wildman–Crippen MR) is 83.5 cm³/mol. The second-order valence-corrected chi connectivity index (χ2v) is 5.44.